The molecular formula is C16H21N3O5S. The summed E-state index contributed by atoms with van der Waals surface area (Å²) in [4.78, 5) is 12.1. The van der Waals surface area contributed by atoms with Crippen molar-refractivity contribution in [3.8, 4) is 5.75 Å². The van der Waals surface area contributed by atoms with Crippen molar-refractivity contribution >= 4 is 21.6 Å². The number of amides is 1. The maximum Gasteiger partial charge on any atom is 0.245 e. The number of carbonyl (C=O) groups excluding carboxylic acids is 1. The van der Waals surface area contributed by atoms with Crippen molar-refractivity contribution < 1.29 is 22.5 Å². The summed E-state index contributed by atoms with van der Waals surface area (Å²) in [5, 5.41) is 6.34. The zero-order valence-corrected chi connectivity index (χ0v) is 15.4. The van der Waals surface area contributed by atoms with Crippen molar-refractivity contribution in [2.24, 2.45) is 0 Å². The number of sulfonamides is 1. The van der Waals surface area contributed by atoms with Crippen LogP contribution in [0.4, 0.5) is 5.69 Å². The first-order valence-electron chi connectivity index (χ1n) is 7.61. The van der Waals surface area contributed by atoms with Gasteiger partial charge in [0.1, 0.15) is 16.3 Å². The highest BCUT2D eigenvalue weighted by Gasteiger charge is 2.23. The molecule has 136 valence electrons. The summed E-state index contributed by atoms with van der Waals surface area (Å²) >= 11 is 0. The summed E-state index contributed by atoms with van der Waals surface area (Å²) in [7, 11) is -2.27. The van der Waals surface area contributed by atoms with Gasteiger partial charge in [-0.25, -0.2) is 13.1 Å². The molecule has 2 rings (SSSR count). The summed E-state index contributed by atoms with van der Waals surface area (Å²) in [5.74, 6) is 0.416. The molecule has 0 aliphatic heterocycles. The van der Waals surface area contributed by atoms with E-state index in [1.807, 2.05) is 13.0 Å². The molecule has 25 heavy (non-hydrogen) atoms. The van der Waals surface area contributed by atoms with Gasteiger partial charge in [-0.3, -0.25) is 4.79 Å². The molecule has 1 heterocycles. The quantitative estimate of drug-likeness (QED) is 0.773. The van der Waals surface area contributed by atoms with Crippen LogP contribution in [0.25, 0.3) is 0 Å². The molecule has 1 amide bonds. The number of hydrogen-bond acceptors (Lipinski definition) is 6. The number of aromatic nitrogens is 1. The number of nitrogens with one attached hydrogen (secondary N) is 2. The van der Waals surface area contributed by atoms with Gasteiger partial charge < -0.3 is 14.6 Å². The van der Waals surface area contributed by atoms with Gasteiger partial charge in [-0.2, -0.15) is 0 Å². The number of methoxy groups -OCH3 is 1. The van der Waals surface area contributed by atoms with E-state index in [2.05, 4.69) is 15.2 Å². The van der Waals surface area contributed by atoms with E-state index in [4.69, 9.17) is 9.26 Å². The third-order valence-corrected chi connectivity index (χ3v) is 5.21. The average Bonchev–Trinajstić information content (AvgIpc) is 2.87. The van der Waals surface area contributed by atoms with Gasteiger partial charge in [0.25, 0.3) is 0 Å². The first-order valence-corrected chi connectivity index (χ1v) is 9.10. The van der Waals surface area contributed by atoms with Crippen molar-refractivity contribution in [3.05, 3.63) is 35.2 Å². The summed E-state index contributed by atoms with van der Waals surface area (Å²) in [5.41, 5.74) is 1.79. The second-order valence-electron chi connectivity index (χ2n) is 5.55. The van der Waals surface area contributed by atoms with Crippen LogP contribution >= 0.6 is 0 Å². The van der Waals surface area contributed by atoms with Crippen LogP contribution in [0.1, 0.15) is 23.4 Å². The van der Waals surface area contributed by atoms with E-state index in [1.54, 1.807) is 19.1 Å². The van der Waals surface area contributed by atoms with Crippen LogP contribution in [0.3, 0.4) is 0 Å². The minimum atomic E-state index is -3.78. The standard InChI is InChI=1S/C16H21N3O5S/c1-10-5-6-14(23-4)13(9-10)18-15(20)7-8-17-25(21,22)16-11(2)19-24-12(16)3/h5-6,9,17H,7-8H2,1-4H3,(H,18,20). The Kier molecular flexibility index (Phi) is 5.81. The topological polar surface area (TPSA) is 111 Å². The molecule has 1 aromatic carbocycles. The molecule has 1 aromatic heterocycles. The Morgan fingerprint density at radius 1 is 1.28 bits per heavy atom. The molecule has 0 saturated carbocycles. The Morgan fingerprint density at radius 3 is 2.60 bits per heavy atom. The molecule has 0 spiro atoms. The van der Waals surface area contributed by atoms with Crippen molar-refractivity contribution in [2.75, 3.05) is 19.0 Å². The van der Waals surface area contributed by atoms with Crippen LogP contribution in [-0.2, 0) is 14.8 Å². The van der Waals surface area contributed by atoms with Crippen molar-refractivity contribution in [1.29, 1.82) is 0 Å². The molecule has 8 nitrogen and oxygen atoms in total. The van der Waals surface area contributed by atoms with Gasteiger partial charge in [-0.15, -0.1) is 0 Å². The van der Waals surface area contributed by atoms with Crippen LogP contribution in [0.5, 0.6) is 5.75 Å². The van der Waals surface area contributed by atoms with Gasteiger partial charge >= 0.3 is 0 Å². The SMILES string of the molecule is COc1ccc(C)cc1NC(=O)CCNS(=O)(=O)c1c(C)noc1C. The summed E-state index contributed by atoms with van der Waals surface area (Å²) in [6, 6.07) is 5.40. The van der Waals surface area contributed by atoms with Gasteiger partial charge in [-0.1, -0.05) is 11.2 Å². The molecule has 0 fully saturated rings. The van der Waals surface area contributed by atoms with E-state index in [1.165, 1.54) is 14.0 Å². The molecule has 0 saturated heterocycles. The predicted molar refractivity (Wildman–Crippen MR) is 92.1 cm³/mol. The summed E-state index contributed by atoms with van der Waals surface area (Å²) in [6.07, 6.45) is -0.0281. The zero-order chi connectivity index (χ0) is 18.6. The van der Waals surface area contributed by atoms with Crippen molar-refractivity contribution in [1.82, 2.24) is 9.88 Å². The lowest BCUT2D eigenvalue weighted by Crippen LogP contribution is -2.28. The van der Waals surface area contributed by atoms with Gasteiger partial charge in [0.2, 0.25) is 15.9 Å². The van der Waals surface area contributed by atoms with Gasteiger partial charge in [-0.05, 0) is 38.5 Å². The zero-order valence-electron chi connectivity index (χ0n) is 14.5. The van der Waals surface area contributed by atoms with Gasteiger partial charge in [0, 0.05) is 13.0 Å². The van der Waals surface area contributed by atoms with Crippen LogP contribution < -0.4 is 14.8 Å². The number of nitrogens with zero attached hydrogens (tertiary/aromatic N) is 1. The lowest BCUT2D eigenvalue weighted by atomic mass is 10.2. The number of rotatable bonds is 7. The summed E-state index contributed by atoms with van der Waals surface area (Å²) < 4.78 is 36.9. The van der Waals surface area contributed by atoms with E-state index in [0.29, 0.717) is 11.4 Å². The Morgan fingerprint density at radius 2 is 2.00 bits per heavy atom. The molecule has 2 N–H and O–H groups in total. The monoisotopic (exact) mass is 367 g/mol. The lowest BCUT2D eigenvalue weighted by Gasteiger charge is -2.11. The van der Waals surface area contributed by atoms with Crippen molar-refractivity contribution in [2.45, 2.75) is 32.1 Å². The molecule has 0 aliphatic rings. The lowest BCUT2D eigenvalue weighted by molar-refractivity contribution is -0.116. The van der Waals surface area contributed by atoms with Crippen LogP contribution in [0, 0.1) is 20.8 Å². The maximum absolute atomic E-state index is 12.3. The second kappa shape index (κ2) is 7.66. The molecule has 9 heteroatoms. The highest BCUT2D eigenvalue weighted by molar-refractivity contribution is 7.89. The van der Waals surface area contributed by atoms with Gasteiger partial charge in [0.15, 0.2) is 5.76 Å². The number of anilines is 1. The fraction of sp³-hybridized carbons (Fsp3) is 0.375. The van der Waals surface area contributed by atoms with Crippen LogP contribution in [0.2, 0.25) is 0 Å². The average molecular weight is 367 g/mol. The molecule has 0 unspecified atom stereocenters. The van der Waals surface area contributed by atoms with E-state index in [-0.39, 0.29) is 35.2 Å². The Labute approximate surface area is 146 Å². The number of aryl methyl sites for hydroxylation is 3. The molecule has 0 bridgehead atoms. The fourth-order valence-electron chi connectivity index (χ4n) is 2.36. The first-order chi connectivity index (χ1) is 11.7. The molecule has 0 radical (unpaired) electrons. The van der Waals surface area contributed by atoms with Gasteiger partial charge in [0.05, 0.1) is 12.8 Å². The minimum Gasteiger partial charge on any atom is -0.495 e. The van der Waals surface area contributed by atoms with Crippen LogP contribution in [-0.4, -0.2) is 33.1 Å². The molecule has 0 atom stereocenters. The van der Waals surface area contributed by atoms with E-state index in [9.17, 15) is 13.2 Å². The largest absolute Gasteiger partial charge is 0.495 e. The smallest absolute Gasteiger partial charge is 0.245 e. The van der Waals surface area contributed by atoms with E-state index < -0.39 is 10.0 Å². The normalized spacial score (nSPS) is 11.4. The fourth-order valence-corrected chi connectivity index (χ4v) is 3.72. The maximum atomic E-state index is 12.3. The first kappa shape index (κ1) is 18.9. The predicted octanol–water partition coefficient (Wildman–Crippen LogP) is 1.92. The third-order valence-electron chi connectivity index (χ3n) is 3.51. The molecule has 2 aromatic rings. The number of ether oxygens (including phenoxy) is 1. The number of hydrogen-bond donors (Lipinski definition) is 2. The third kappa shape index (κ3) is 4.58. The van der Waals surface area contributed by atoms with E-state index in [0.717, 1.165) is 5.56 Å². The number of carbonyl (C=O) groups is 1. The molecular weight excluding hydrogens is 346 g/mol. The summed E-state index contributed by atoms with van der Waals surface area (Å²) in [6.45, 7) is 4.91. The Hall–Kier alpha value is -2.39. The number of benzene rings is 1. The van der Waals surface area contributed by atoms with Crippen molar-refractivity contribution in [3.63, 3.8) is 0 Å². The Balaban J connectivity index is 1.96. The Bertz CT molecular complexity index is 854. The highest BCUT2D eigenvalue weighted by atomic mass is 32.2. The molecule has 0 aliphatic carbocycles. The van der Waals surface area contributed by atoms with E-state index >= 15 is 0 Å². The second-order valence-corrected chi connectivity index (χ2v) is 7.26. The van der Waals surface area contributed by atoms with Crippen LogP contribution in [0.15, 0.2) is 27.6 Å². The minimum absolute atomic E-state index is 0.00765. The highest BCUT2D eigenvalue weighted by Crippen LogP contribution is 2.25.